The van der Waals surface area contributed by atoms with Crippen LogP contribution in [0.1, 0.15) is 58.8 Å². The number of morpholine rings is 1. The van der Waals surface area contributed by atoms with Gasteiger partial charge in [-0.15, -0.1) is 0 Å². The highest BCUT2D eigenvalue weighted by molar-refractivity contribution is 4.90. The zero-order valence-electron chi connectivity index (χ0n) is 13.8. The molecular weight excluding hydrogens is 262 g/mol. The zero-order valence-corrected chi connectivity index (χ0v) is 13.8. The molecule has 0 aromatic carbocycles. The van der Waals surface area contributed by atoms with Crippen molar-refractivity contribution in [3.05, 3.63) is 0 Å². The lowest BCUT2D eigenvalue weighted by molar-refractivity contribution is -0.101. The molecule has 3 heteroatoms. The molecule has 5 atom stereocenters. The van der Waals surface area contributed by atoms with Gasteiger partial charge < -0.3 is 9.84 Å². The van der Waals surface area contributed by atoms with Gasteiger partial charge in [-0.1, -0.05) is 26.7 Å². The summed E-state index contributed by atoms with van der Waals surface area (Å²) in [6, 6.07) is 0.624. The molecule has 3 fully saturated rings. The molecule has 1 heterocycles. The van der Waals surface area contributed by atoms with E-state index in [4.69, 9.17) is 4.74 Å². The van der Waals surface area contributed by atoms with Crippen molar-refractivity contribution in [2.75, 3.05) is 19.7 Å². The average Bonchev–Trinajstić information content (AvgIpc) is 2.49. The van der Waals surface area contributed by atoms with Crippen LogP contribution in [0.3, 0.4) is 0 Å². The van der Waals surface area contributed by atoms with Crippen molar-refractivity contribution < 1.29 is 9.84 Å². The van der Waals surface area contributed by atoms with E-state index < -0.39 is 0 Å². The fourth-order valence-corrected chi connectivity index (χ4v) is 4.79. The fraction of sp³-hybridized carbons (Fsp3) is 1.00. The number of fused-ring (bicyclic) bond motifs is 1. The molecule has 0 bridgehead atoms. The number of hydrogen-bond acceptors (Lipinski definition) is 3. The van der Waals surface area contributed by atoms with Gasteiger partial charge in [0.25, 0.3) is 0 Å². The van der Waals surface area contributed by atoms with Crippen molar-refractivity contribution in [1.29, 1.82) is 0 Å². The highest BCUT2D eigenvalue weighted by Gasteiger charge is 2.38. The van der Waals surface area contributed by atoms with Gasteiger partial charge in [-0.25, -0.2) is 0 Å². The number of hydrogen-bond donors (Lipinski definition) is 1. The number of ether oxygens (including phenoxy) is 1. The summed E-state index contributed by atoms with van der Waals surface area (Å²) in [5.74, 6) is 2.04. The van der Waals surface area contributed by atoms with Crippen LogP contribution in [-0.2, 0) is 4.74 Å². The van der Waals surface area contributed by atoms with Crippen LogP contribution in [0.15, 0.2) is 0 Å². The van der Waals surface area contributed by atoms with Crippen molar-refractivity contribution in [3.63, 3.8) is 0 Å². The summed E-state index contributed by atoms with van der Waals surface area (Å²) in [5.41, 5.74) is 0. The Morgan fingerprint density at radius 3 is 2.76 bits per heavy atom. The average molecular weight is 295 g/mol. The first-order chi connectivity index (χ1) is 10.1. The zero-order chi connectivity index (χ0) is 14.8. The van der Waals surface area contributed by atoms with Crippen molar-refractivity contribution in [3.8, 4) is 0 Å². The lowest BCUT2D eigenvalue weighted by Gasteiger charge is -2.46. The molecule has 0 amide bonds. The first-order valence-electron chi connectivity index (χ1n) is 9.19. The van der Waals surface area contributed by atoms with Crippen LogP contribution < -0.4 is 0 Å². The maximum absolute atomic E-state index is 10.4. The third-order valence-corrected chi connectivity index (χ3v) is 6.24. The molecule has 3 rings (SSSR count). The molecule has 0 aromatic rings. The molecule has 0 radical (unpaired) electrons. The Bertz CT molecular complexity index is 331. The van der Waals surface area contributed by atoms with Crippen LogP contribution in [0, 0.1) is 17.8 Å². The van der Waals surface area contributed by atoms with E-state index in [1.807, 2.05) is 0 Å². The van der Waals surface area contributed by atoms with Gasteiger partial charge in [0.2, 0.25) is 0 Å². The topological polar surface area (TPSA) is 32.7 Å². The van der Waals surface area contributed by atoms with Crippen molar-refractivity contribution in [1.82, 2.24) is 4.90 Å². The van der Waals surface area contributed by atoms with Crippen LogP contribution in [0.25, 0.3) is 0 Å². The van der Waals surface area contributed by atoms with E-state index in [2.05, 4.69) is 18.7 Å². The van der Waals surface area contributed by atoms with Gasteiger partial charge in [0.1, 0.15) is 0 Å². The summed E-state index contributed by atoms with van der Waals surface area (Å²) in [7, 11) is 0. The van der Waals surface area contributed by atoms with Gasteiger partial charge in [0, 0.05) is 19.1 Å². The minimum atomic E-state index is -0.0788. The molecule has 0 aromatic heterocycles. The molecule has 2 aliphatic carbocycles. The maximum atomic E-state index is 10.4. The Morgan fingerprint density at radius 1 is 1.14 bits per heavy atom. The Balaban J connectivity index is 1.61. The quantitative estimate of drug-likeness (QED) is 0.868. The summed E-state index contributed by atoms with van der Waals surface area (Å²) in [6.07, 6.45) is 9.03. The maximum Gasteiger partial charge on any atom is 0.0730 e. The van der Waals surface area contributed by atoms with E-state index in [1.165, 1.54) is 38.5 Å². The van der Waals surface area contributed by atoms with Crippen LogP contribution in [0.4, 0.5) is 0 Å². The van der Waals surface area contributed by atoms with Crippen molar-refractivity contribution in [2.45, 2.75) is 77.0 Å². The second kappa shape index (κ2) is 6.97. The molecule has 5 unspecified atom stereocenters. The van der Waals surface area contributed by atoms with Crippen LogP contribution >= 0.6 is 0 Å². The first kappa shape index (κ1) is 15.8. The Hall–Kier alpha value is -0.120. The number of aliphatic hydroxyl groups is 1. The third-order valence-electron chi connectivity index (χ3n) is 6.24. The number of nitrogens with zero attached hydrogens (tertiary/aromatic N) is 1. The second-order valence-corrected chi connectivity index (χ2v) is 7.90. The Morgan fingerprint density at radius 2 is 1.95 bits per heavy atom. The summed E-state index contributed by atoms with van der Waals surface area (Å²) in [4.78, 5) is 2.66. The standard InChI is InChI=1S/C18H33NO2/c1-13(2)14-7-8-17(20)15(11-14)12-19-9-10-21-18-6-4-3-5-16(18)19/h13-18,20H,3-12H2,1-2H3. The van der Waals surface area contributed by atoms with Gasteiger partial charge in [0.15, 0.2) is 0 Å². The summed E-state index contributed by atoms with van der Waals surface area (Å²) < 4.78 is 5.98. The largest absolute Gasteiger partial charge is 0.393 e. The summed E-state index contributed by atoms with van der Waals surface area (Å²) >= 11 is 0. The SMILES string of the molecule is CC(C)C1CCC(O)C(CN2CCOC3CCCCC32)C1. The lowest BCUT2D eigenvalue weighted by atomic mass is 9.74. The van der Waals surface area contributed by atoms with Gasteiger partial charge in [-0.2, -0.15) is 0 Å². The molecule has 3 nitrogen and oxygen atoms in total. The van der Waals surface area contributed by atoms with Crippen LogP contribution in [0.2, 0.25) is 0 Å². The molecule has 1 saturated heterocycles. The third kappa shape index (κ3) is 3.62. The monoisotopic (exact) mass is 295 g/mol. The Kier molecular flexibility index (Phi) is 5.23. The second-order valence-electron chi connectivity index (χ2n) is 7.90. The normalized spacial score (nSPS) is 42.0. The number of aliphatic hydroxyl groups excluding tert-OH is 1. The molecule has 1 N–H and O–H groups in total. The molecule has 0 spiro atoms. The predicted molar refractivity (Wildman–Crippen MR) is 85.2 cm³/mol. The molecule has 1 aliphatic heterocycles. The Labute approximate surface area is 130 Å². The number of rotatable bonds is 3. The van der Waals surface area contributed by atoms with Crippen molar-refractivity contribution in [2.24, 2.45) is 17.8 Å². The fourth-order valence-electron chi connectivity index (χ4n) is 4.79. The summed E-state index contributed by atoms with van der Waals surface area (Å²) in [6.45, 7) is 7.72. The highest BCUT2D eigenvalue weighted by atomic mass is 16.5. The molecular formula is C18H33NO2. The van der Waals surface area contributed by atoms with E-state index in [1.54, 1.807) is 0 Å². The lowest BCUT2D eigenvalue weighted by Crippen LogP contribution is -2.55. The van der Waals surface area contributed by atoms with E-state index >= 15 is 0 Å². The van der Waals surface area contributed by atoms with Crippen LogP contribution in [-0.4, -0.2) is 48.0 Å². The van der Waals surface area contributed by atoms with E-state index in [0.29, 0.717) is 18.1 Å². The van der Waals surface area contributed by atoms with E-state index in [0.717, 1.165) is 38.0 Å². The van der Waals surface area contributed by atoms with Crippen molar-refractivity contribution >= 4 is 0 Å². The smallest absolute Gasteiger partial charge is 0.0730 e. The first-order valence-corrected chi connectivity index (χ1v) is 9.19. The van der Waals surface area contributed by atoms with Gasteiger partial charge in [-0.05, 0) is 49.9 Å². The molecule has 21 heavy (non-hydrogen) atoms. The molecule has 3 aliphatic rings. The van der Waals surface area contributed by atoms with Gasteiger partial charge >= 0.3 is 0 Å². The van der Waals surface area contributed by atoms with E-state index in [-0.39, 0.29) is 6.10 Å². The summed E-state index contributed by atoms with van der Waals surface area (Å²) in [5, 5.41) is 10.4. The van der Waals surface area contributed by atoms with Gasteiger partial charge in [-0.3, -0.25) is 4.90 Å². The van der Waals surface area contributed by atoms with E-state index in [9.17, 15) is 5.11 Å². The minimum absolute atomic E-state index is 0.0788. The van der Waals surface area contributed by atoms with Gasteiger partial charge in [0.05, 0.1) is 18.8 Å². The van der Waals surface area contributed by atoms with Crippen LogP contribution in [0.5, 0.6) is 0 Å². The molecule has 122 valence electrons. The predicted octanol–water partition coefficient (Wildman–Crippen LogP) is 3.06. The highest BCUT2D eigenvalue weighted by Crippen LogP contribution is 2.36. The molecule has 2 saturated carbocycles. The minimum Gasteiger partial charge on any atom is -0.393 e.